The van der Waals surface area contributed by atoms with Crippen molar-refractivity contribution < 1.29 is 14.2 Å². The van der Waals surface area contributed by atoms with Crippen LogP contribution in [-0.2, 0) is 14.2 Å². The molecule has 18 heavy (non-hydrogen) atoms. The fourth-order valence-electron chi connectivity index (χ4n) is 2.28. The average molecular weight is 252 g/mol. The first-order chi connectivity index (χ1) is 8.11. The largest absolute Gasteiger partial charge is 0.353 e. The SMILES string of the molecule is CC(C)(C)C#CC12OCC(CO1)C(C(C)(C)C)O2. The molecule has 0 aliphatic carbocycles. The quantitative estimate of drug-likeness (QED) is 0.620. The van der Waals surface area contributed by atoms with E-state index in [1.807, 2.05) is 0 Å². The monoisotopic (exact) mass is 252 g/mol. The minimum atomic E-state index is -1.14. The third kappa shape index (κ3) is 2.88. The topological polar surface area (TPSA) is 27.7 Å². The van der Waals surface area contributed by atoms with Gasteiger partial charge in [-0.2, -0.15) is 0 Å². The molecule has 0 aromatic carbocycles. The van der Waals surface area contributed by atoms with E-state index in [-0.39, 0.29) is 16.9 Å². The molecule has 3 aliphatic rings. The summed E-state index contributed by atoms with van der Waals surface area (Å²) in [4.78, 5) is 0. The second kappa shape index (κ2) is 4.23. The van der Waals surface area contributed by atoms with Crippen LogP contribution >= 0.6 is 0 Å². The fourth-order valence-corrected chi connectivity index (χ4v) is 2.28. The molecule has 0 aromatic rings. The summed E-state index contributed by atoms with van der Waals surface area (Å²) in [5, 5.41) is 0. The van der Waals surface area contributed by atoms with Gasteiger partial charge in [0, 0.05) is 11.3 Å². The molecule has 0 N–H and O–H groups in total. The molecule has 0 aromatic heterocycles. The van der Waals surface area contributed by atoms with E-state index in [0.717, 1.165) is 0 Å². The first-order valence-corrected chi connectivity index (χ1v) is 6.61. The van der Waals surface area contributed by atoms with Gasteiger partial charge in [0.1, 0.15) is 0 Å². The third-order valence-corrected chi connectivity index (χ3v) is 3.13. The van der Waals surface area contributed by atoms with Crippen LogP contribution in [-0.4, -0.2) is 25.3 Å². The van der Waals surface area contributed by atoms with Crippen molar-refractivity contribution in [3.05, 3.63) is 0 Å². The van der Waals surface area contributed by atoms with Crippen molar-refractivity contribution in [2.75, 3.05) is 13.2 Å². The van der Waals surface area contributed by atoms with Crippen LogP contribution in [0.5, 0.6) is 0 Å². The lowest BCUT2D eigenvalue weighted by atomic mass is 9.80. The Balaban J connectivity index is 2.21. The number of ether oxygens (including phenoxy) is 3. The highest BCUT2D eigenvalue weighted by atomic mass is 16.9. The van der Waals surface area contributed by atoms with Crippen molar-refractivity contribution in [3.63, 3.8) is 0 Å². The molecule has 0 spiro atoms. The van der Waals surface area contributed by atoms with E-state index in [1.54, 1.807) is 0 Å². The molecule has 0 amide bonds. The second-order valence-electron chi connectivity index (χ2n) is 7.34. The Morgan fingerprint density at radius 1 is 1.00 bits per heavy atom. The molecular weight excluding hydrogens is 228 g/mol. The molecule has 0 radical (unpaired) electrons. The highest BCUT2D eigenvalue weighted by Gasteiger charge is 2.52. The first kappa shape index (κ1) is 13.9. The van der Waals surface area contributed by atoms with Gasteiger partial charge in [0.05, 0.1) is 19.3 Å². The summed E-state index contributed by atoms with van der Waals surface area (Å²) in [5.41, 5.74) is -0.0107. The smallest absolute Gasteiger partial charge is 0.316 e. The van der Waals surface area contributed by atoms with Crippen LogP contribution < -0.4 is 0 Å². The lowest BCUT2D eigenvalue weighted by molar-refractivity contribution is -0.447. The fraction of sp³-hybridized carbons (Fsp3) is 0.867. The van der Waals surface area contributed by atoms with Crippen molar-refractivity contribution in [2.24, 2.45) is 16.7 Å². The number of hydrogen-bond acceptors (Lipinski definition) is 3. The van der Waals surface area contributed by atoms with Crippen molar-refractivity contribution in [3.8, 4) is 11.8 Å². The van der Waals surface area contributed by atoms with Crippen molar-refractivity contribution >= 4 is 0 Å². The Bertz CT molecular complexity index is 367. The predicted octanol–water partition coefficient (Wildman–Crippen LogP) is 2.80. The molecule has 3 fully saturated rings. The summed E-state index contributed by atoms with van der Waals surface area (Å²) in [7, 11) is 0. The molecule has 1 unspecified atom stereocenters. The zero-order valence-electron chi connectivity index (χ0n) is 12.3. The van der Waals surface area contributed by atoms with Crippen LogP contribution in [0.2, 0.25) is 0 Å². The van der Waals surface area contributed by atoms with Gasteiger partial charge in [-0.3, -0.25) is 0 Å². The molecule has 0 saturated carbocycles. The number of rotatable bonds is 0. The number of fused-ring (bicyclic) bond motifs is 3. The third-order valence-electron chi connectivity index (χ3n) is 3.13. The predicted molar refractivity (Wildman–Crippen MR) is 69.7 cm³/mol. The Morgan fingerprint density at radius 3 is 2.00 bits per heavy atom. The molecule has 3 heteroatoms. The van der Waals surface area contributed by atoms with Crippen LogP contribution in [0, 0.1) is 28.6 Å². The lowest BCUT2D eigenvalue weighted by Gasteiger charge is -2.51. The van der Waals surface area contributed by atoms with Crippen molar-refractivity contribution in [1.82, 2.24) is 0 Å². The molecule has 2 bridgehead atoms. The Kier molecular flexibility index (Phi) is 3.26. The summed E-state index contributed by atoms with van der Waals surface area (Å²) in [5.74, 6) is 5.37. The van der Waals surface area contributed by atoms with E-state index < -0.39 is 5.97 Å². The highest BCUT2D eigenvalue weighted by molar-refractivity contribution is 5.14. The first-order valence-electron chi connectivity index (χ1n) is 6.61. The van der Waals surface area contributed by atoms with Crippen LogP contribution in [0.1, 0.15) is 41.5 Å². The van der Waals surface area contributed by atoms with Gasteiger partial charge >= 0.3 is 5.97 Å². The summed E-state index contributed by atoms with van der Waals surface area (Å²) in [6.45, 7) is 14.1. The van der Waals surface area contributed by atoms with E-state index in [0.29, 0.717) is 19.1 Å². The maximum atomic E-state index is 6.01. The molecule has 102 valence electrons. The maximum absolute atomic E-state index is 6.01. The molecule has 3 aliphatic heterocycles. The van der Waals surface area contributed by atoms with Crippen molar-refractivity contribution in [2.45, 2.75) is 53.6 Å². The van der Waals surface area contributed by atoms with Crippen LogP contribution in [0.15, 0.2) is 0 Å². The Labute approximate surface area is 110 Å². The molecule has 1 atom stereocenters. The molecule has 3 heterocycles. The van der Waals surface area contributed by atoms with Crippen molar-refractivity contribution in [1.29, 1.82) is 0 Å². The summed E-state index contributed by atoms with van der Waals surface area (Å²) in [6, 6.07) is 0. The summed E-state index contributed by atoms with van der Waals surface area (Å²) >= 11 is 0. The lowest BCUT2D eigenvalue weighted by Crippen LogP contribution is -2.60. The molecule has 3 nitrogen and oxygen atoms in total. The van der Waals surface area contributed by atoms with Crippen LogP contribution in [0.4, 0.5) is 0 Å². The van der Waals surface area contributed by atoms with E-state index in [4.69, 9.17) is 14.2 Å². The Hall–Kier alpha value is -0.560. The zero-order chi connectivity index (χ0) is 13.6. The minimum Gasteiger partial charge on any atom is -0.316 e. The zero-order valence-corrected chi connectivity index (χ0v) is 12.3. The number of hydrogen-bond donors (Lipinski definition) is 0. The molecule has 3 saturated heterocycles. The van der Waals surface area contributed by atoms with Gasteiger partial charge in [-0.15, -0.1) is 0 Å². The maximum Gasteiger partial charge on any atom is 0.353 e. The van der Waals surface area contributed by atoms with Crippen LogP contribution in [0.25, 0.3) is 0 Å². The van der Waals surface area contributed by atoms with Gasteiger partial charge in [0.25, 0.3) is 0 Å². The van der Waals surface area contributed by atoms with E-state index in [9.17, 15) is 0 Å². The molecular formula is C15H24O3. The minimum absolute atomic E-state index is 0.0763. The second-order valence-corrected chi connectivity index (χ2v) is 7.34. The van der Waals surface area contributed by atoms with E-state index in [2.05, 4.69) is 53.4 Å². The van der Waals surface area contributed by atoms with Gasteiger partial charge in [0.2, 0.25) is 0 Å². The van der Waals surface area contributed by atoms with Gasteiger partial charge in [0.15, 0.2) is 0 Å². The summed E-state index contributed by atoms with van der Waals surface area (Å²) < 4.78 is 17.3. The normalized spacial score (nSPS) is 36.1. The summed E-state index contributed by atoms with van der Waals surface area (Å²) in [6.07, 6.45) is 0.134. The van der Waals surface area contributed by atoms with Crippen LogP contribution in [0.3, 0.4) is 0 Å². The Morgan fingerprint density at radius 2 is 1.56 bits per heavy atom. The van der Waals surface area contributed by atoms with E-state index in [1.165, 1.54) is 0 Å². The standard InChI is InChI=1S/C15H24O3/c1-13(2,3)7-8-15-16-9-11(10-17-15)12(18-15)14(4,5)6/h11-12H,9-10H2,1-6H3. The van der Waals surface area contributed by atoms with Gasteiger partial charge in [-0.05, 0) is 32.1 Å². The molecule has 3 rings (SSSR count). The van der Waals surface area contributed by atoms with Gasteiger partial charge in [-0.1, -0.05) is 26.7 Å². The van der Waals surface area contributed by atoms with Gasteiger partial charge in [-0.25, -0.2) is 0 Å². The highest BCUT2D eigenvalue weighted by Crippen LogP contribution is 2.41. The van der Waals surface area contributed by atoms with Gasteiger partial charge < -0.3 is 14.2 Å². The average Bonchev–Trinajstić information content (AvgIpc) is 2.26. The van der Waals surface area contributed by atoms with E-state index >= 15 is 0 Å².